The van der Waals surface area contributed by atoms with Gasteiger partial charge in [0.15, 0.2) is 0 Å². The third kappa shape index (κ3) is 5.18. The Bertz CT molecular complexity index is 1030. The molecular formula is C24H23F3N2O2S. The van der Waals surface area contributed by atoms with Crippen LogP contribution in [0.15, 0.2) is 58.3 Å². The van der Waals surface area contributed by atoms with Crippen molar-refractivity contribution in [2.75, 3.05) is 11.4 Å². The number of benzene rings is 2. The lowest BCUT2D eigenvalue weighted by atomic mass is 9.95. The maximum atomic E-state index is 13.2. The van der Waals surface area contributed by atoms with E-state index in [9.17, 15) is 22.8 Å². The van der Waals surface area contributed by atoms with Crippen LogP contribution >= 0.6 is 11.8 Å². The maximum Gasteiger partial charge on any atom is 0.416 e. The zero-order valence-electron chi connectivity index (χ0n) is 17.3. The van der Waals surface area contributed by atoms with E-state index >= 15 is 0 Å². The Morgan fingerprint density at radius 3 is 2.44 bits per heavy atom. The van der Waals surface area contributed by atoms with Crippen molar-refractivity contribution in [3.63, 3.8) is 0 Å². The first-order chi connectivity index (χ1) is 15.3. The van der Waals surface area contributed by atoms with Crippen molar-refractivity contribution in [1.29, 1.82) is 0 Å². The molecule has 2 aromatic rings. The number of alkyl halides is 3. The molecule has 0 saturated heterocycles. The molecule has 0 aromatic heterocycles. The van der Waals surface area contributed by atoms with Crippen molar-refractivity contribution < 1.29 is 22.8 Å². The highest BCUT2D eigenvalue weighted by Crippen LogP contribution is 2.42. The van der Waals surface area contributed by atoms with E-state index in [1.54, 1.807) is 12.1 Å². The molecule has 0 unspecified atom stereocenters. The SMILES string of the molecule is O=C(CN1C(=O)C(=Cc2ccc(C(F)(F)F)cc2)Sc2ccccc21)NC1CCCCC1. The van der Waals surface area contributed by atoms with Crippen LogP contribution < -0.4 is 10.2 Å². The van der Waals surface area contributed by atoms with Crippen molar-refractivity contribution >= 4 is 35.3 Å². The molecule has 4 nitrogen and oxygen atoms in total. The standard InChI is InChI=1S/C24H23F3N2O2S/c25-24(26,27)17-12-10-16(11-13-17)14-21-23(31)29(19-8-4-5-9-20(19)32-21)15-22(30)28-18-6-2-1-3-7-18/h4-5,8-14,18H,1-3,6-7,15H2,(H,28,30). The predicted molar refractivity (Wildman–Crippen MR) is 119 cm³/mol. The number of anilines is 1. The fraction of sp³-hybridized carbons (Fsp3) is 0.333. The first-order valence-corrected chi connectivity index (χ1v) is 11.4. The summed E-state index contributed by atoms with van der Waals surface area (Å²) in [7, 11) is 0. The molecule has 0 bridgehead atoms. The van der Waals surface area contributed by atoms with E-state index in [1.165, 1.54) is 35.2 Å². The number of thioether (sulfide) groups is 1. The van der Waals surface area contributed by atoms with Crippen LogP contribution in [0, 0.1) is 0 Å². The summed E-state index contributed by atoms with van der Waals surface area (Å²) in [5, 5.41) is 3.04. The third-order valence-electron chi connectivity index (χ3n) is 5.64. The largest absolute Gasteiger partial charge is 0.416 e. The summed E-state index contributed by atoms with van der Waals surface area (Å²) in [6.45, 7) is -0.0999. The second kappa shape index (κ2) is 9.40. The summed E-state index contributed by atoms with van der Waals surface area (Å²) in [6, 6.07) is 12.1. The number of nitrogens with one attached hydrogen (secondary N) is 1. The third-order valence-corrected chi connectivity index (χ3v) is 6.72. The molecule has 0 spiro atoms. The van der Waals surface area contributed by atoms with Gasteiger partial charge >= 0.3 is 6.18 Å². The number of hydrogen-bond donors (Lipinski definition) is 1. The Kier molecular flexibility index (Phi) is 6.60. The van der Waals surface area contributed by atoms with Gasteiger partial charge in [0, 0.05) is 10.9 Å². The number of amides is 2. The first-order valence-electron chi connectivity index (χ1n) is 10.6. The van der Waals surface area contributed by atoms with Gasteiger partial charge in [-0.1, -0.05) is 55.3 Å². The molecule has 1 saturated carbocycles. The monoisotopic (exact) mass is 460 g/mol. The maximum absolute atomic E-state index is 13.2. The zero-order chi connectivity index (χ0) is 22.7. The lowest BCUT2D eigenvalue weighted by Gasteiger charge is -2.31. The van der Waals surface area contributed by atoms with Crippen molar-refractivity contribution in [2.24, 2.45) is 0 Å². The molecule has 2 amide bonds. The molecule has 1 aliphatic carbocycles. The molecule has 1 fully saturated rings. The molecule has 0 radical (unpaired) electrons. The van der Waals surface area contributed by atoms with Crippen LogP contribution in [0.5, 0.6) is 0 Å². The van der Waals surface area contributed by atoms with Gasteiger partial charge in [0.05, 0.1) is 16.2 Å². The molecule has 1 N–H and O–H groups in total. The minimum Gasteiger partial charge on any atom is -0.352 e. The smallest absolute Gasteiger partial charge is 0.352 e. The molecule has 1 aliphatic heterocycles. The lowest BCUT2D eigenvalue weighted by molar-refractivity contribution is -0.137. The number of rotatable bonds is 4. The van der Waals surface area contributed by atoms with E-state index in [4.69, 9.17) is 0 Å². The van der Waals surface area contributed by atoms with E-state index in [0.717, 1.165) is 42.7 Å². The summed E-state index contributed by atoms with van der Waals surface area (Å²) < 4.78 is 38.5. The Labute approximate surface area is 188 Å². The van der Waals surface area contributed by atoms with E-state index < -0.39 is 11.7 Å². The van der Waals surface area contributed by atoms with Gasteiger partial charge in [-0.25, -0.2) is 0 Å². The van der Waals surface area contributed by atoms with Gasteiger partial charge in [0.25, 0.3) is 5.91 Å². The number of fused-ring (bicyclic) bond motifs is 1. The minimum atomic E-state index is -4.41. The number of para-hydroxylation sites is 1. The average molecular weight is 461 g/mol. The number of nitrogens with zero attached hydrogens (tertiary/aromatic N) is 1. The lowest BCUT2D eigenvalue weighted by Crippen LogP contribution is -2.46. The predicted octanol–water partition coefficient (Wildman–Crippen LogP) is 5.63. The summed E-state index contributed by atoms with van der Waals surface area (Å²) in [5.74, 6) is -0.548. The van der Waals surface area contributed by atoms with Gasteiger partial charge in [-0.15, -0.1) is 0 Å². The fourth-order valence-electron chi connectivity index (χ4n) is 4.00. The van der Waals surface area contributed by atoms with E-state index in [1.807, 2.05) is 18.2 Å². The van der Waals surface area contributed by atoms with Gasteiger partial charge in [0.2, 0.25) is 5.91 Å². The quantitative estimate of drug-likeness (QED) is 0.602. The Hall–Kier alpha value is -2.74. The first kappa shape index (κ1) is 22.5. The average Bonchev–Trinajstić information content (AvgIpc) is 2.77. The zero-order valence-corrected chi connectivity index (χ0v) is 18.1. The summed E-state index contributed by atoms with van der Waals surface area (Å²) in [5.41, 5.74) is 0.402. The number of hydrogen-bond acceptors (Lipinski definition) is 3. The molecule has 1 heterocycles. The summed E-state index contributed by atoms with van der Waals surface area (Å²) in [6.07, 6.45) is 2.41. The van der Waals surface area contributed by atoms with Crippen LogP contribution in [0.4, 0.5) is 18.9 Å². The van der Waals surface area contributed by atoms with E-state index in [0.29, 0.717) is 16.2 Å². The van der Waals surface area contributed by atoms with Crippen LogP contribution in [0.25, 0.3) is 6.08 Å². The second-order valence-electron chi connectivity index (χ2n) is 7.99. The van der Waals surface area contributed by atoms with Gasteiger partial charge in [-0.05, 0) is 48.7 Å². The van der Waals surface area contributed by atoms with Crippen LogP contribution in [-0.2, 0) is 15.8 Å². The van der Waals surface area contributed by atoms with Gasteiger partial charge in [-0.3, -0.25) is 14.5 Å². The van der Waals surface area contributed by atoms with Crippen LogP contribution in [0.1, 0.15) is 43.2 Å². The van der Waals surface area contributed by atoms with Gasteiger partial charge in [0.1, 0.15) is 6.54 Å². The van der Waals surface area contributed by atoms with Crippen molar-refractivity contribution in [3.8, 4) is 0 Å². The number of halogens is 3. The highest BCUT2D eigenvalue weighted by Gasteiger charge is 2.32. The molecule has 4 rings (SSSR count). The minimum absolute atomic E-state index is 0.0999. The van der Waals surface area contributed by atoms with Crippen LogP contribution in [0.3, 0.4) is 0 Å². The van der Waals surface area contributed by atoms with Gasteiger partial charge in [-0.2, -0.15) is 13.2 Å². The number of carbonyl (C=O) groups is 2. The van der Waals surface area contributed by atoms with Crippen molar-refractivity contribution in [3.05, 3.63) is 64.6 Å². The van der Waals surface area contributed by atoms with E-state index in [-0.39, 0.29) is 24.4 Å². The molecule has 2 aromatic carbocycles. The van der Waals surface area contributed by atoms with E-state index in [2.05, 4.69) is 5.32 Å². The normalized spacial score (nSPS) is 18.5. The fourth-order valence-corrected chi connectivity index (χ4v) is 5.06. The van der Waals surface area contributed by atoms with Crippen LogP contribution in [-0.4, -0.2) is 24.4 Å². The Balaban J connectivity index is 1.56. The number of carbonyl (C=O) groups excluding carboxylic acids is 2. The second-order valence-corrected chi connectivity index (χ2v) is 9.08. The topological polar surface area (TPSA) is 49.4 Å². The highest BCUT2D eigenvalue weighted by molar-refractivity contribution is 8.04. The molecule has 32 heavy (non-hydrogen) atoms. The van der Waals surface area contributed by atoms with Gasteiger partial charge < -0.3 is 5.32 Å². The van der Waals surface area contributed by atoms with Crippen molar-refractivity contribution in [2.45, 2.75) is 49.2 Å². The molecule has 2 aliphatic rings. The molecule has 0 atom stereocenters. The molecule has 168 valence electrons. The van der Waals surface area contributed by atoms with Crippen molar-refractivity contribution in [1.82, 2.24) is 5.32 Å². The highest BCUT2D eigenvalue weighted by atomic mass is 32.2. The van der Waals surface area contributed by atoms with Crippen LogP contribution in [0.2, 0.25) is 0 Å². The summed E-state index contributed by atoms with van der Waals surface area (Å²) >= 11 is 1.25. The summed E-state index contributed by atoms with van der Waals surface area (Å²) in [4.78, 5) is 28.5. The molecular weight excluding hydrogens is 437 g/mol. The Morgan fingerprint density at radius 2 is 1.75 bits per heavy atom. The Morgan fingerprint density at radius 1 is 1.06 bits per heavy atom. The molecule has 8 heteroatoms.